The van der Waals surface area contributed by atoms with Crippen LogP contribution in [0.4, 0.5) is 0 Å². The molecule has 0 spiro atoms. The van der Waals surface area contributed by atoms with Crippen LogP contribution in [0.3, 0.4) is 0 Å². The van der Waals surface area contributed by atoms with Gasteiger partial charge in [0.1, 0.15) is 11.4 Å². The fourth-order valence-corrected chi connectivity index (χ4v) is 3.37. The van der Waals surface area contributed by atoms with E-state index in [9.17, 15) is 14.7 Å². The van der Waals surface area contributed by atoms with Gasteiger partial charge < -0.3 is 5.11 Å². The minimum Gasteiger partial charge on any atom is -0.381 e. The highest BCUT2D eigenvalue weighted by Crippen LogP contribution is 2.41. The van der Waals surface area contributed by atoms with Crippen LogP contribution in [0.2, 0.25) is 0 Å². The lowest BCUT2D eigenvalue weighted by Gasteiger charge is -2.26. The van der Waals surface area contributed by atoms with E-state index in [4.69, 9.17) is 0 Å². The zero-order valence-corrected chi connectivity index (χ0v) is 13.6. The molecule has 0 radical (unpaired) electrons. The molecule has 0 aliphatic heterocycles. The molecule has 0 aromatic heterocycles. The van der Waals surface area contributed by atoms with Crippen molar-refractivity contribution in [2.75, 3.05) is 0 Å². The van der Waals surface area contributed by atoms with Gasteiger partial charge in [-0.1, -0.05) is 58.4 Å². The Labute approximate surface area is 128 Å². The molecule has 1 rings (SSSR count). The van der Waals surface area contributed by atoms with Gasteiger partial charge in [0.05, 0.1) is 11.8 Å². The van der Waals surface area contributed by atoms with E-state index in [1.807, 2.05) is 0 Å². The molecule has 120 valence electrons. The maximum absolute atomic E-state index is 12.6. The molecule has 3 unspecified atom stereocenters. The van der Waals surface area contributed by atoms with Gasteiger partial charge in [0.25, 0.3) is 0 Å². The van der Waals surface area contributed by atoms with Gasteiger partial charge in [0.2, 0.25) is 0 Å². The summed E-state index contributed by atoms with van der Waals surface area (Å²) in [6, 6.07) is 0. The first kappa shape index (κ1) is 18.1. The number of allylic oxidation sites excluding steroid dienone is 1. The van der Waals surface area contributed by atoms with Crippen molar-refractivity contribution in [3.63, 3.8) is 0 Å². The predicted molar refractivity (Wildman–Crippen MR) is 85.0 cm³/mol. The standard InChI is InChI=1S/C18H30O3/c1-4-7-9-12-14-16(19)15(11-6-3)18(21,17(14)20)13-10-8-5-2/h6,14-15,21H,3-5,7-13H2,1-2H3. The molecule has 1 aliphatic carbocycles. The van der Waals surface area contributed by atoms with Gasteiger partial charge in [-0.3, -0.25) is 9.59 Å². The number of hydrogen-bond donors (Lipinski definition) is 1. The summed E-state index contributed by atoms with van der Waals surface area (Å²) in [5.74, 6) is -1.46. The van der Waals surface area contributed by atoms with Gasteiger partial charge in [-0.15, -0.1) is 6.58 Å². The normalized spacial score (nSPS) is 29.1. The lowest BCUT2D eigenvalue weighted by molar-refractivity contribution is -0.140. The summed E-state index contributed by atoms with van der Waals surface area (Å²) >= 11 is 0. The number of aliphatic hydroxyl groups is 1. The summed E-state index contributed by atoms with van der Waals surface area (Å²) in [6.45, 7) is 7.85. The van der Waals surface area contributed by atoms with Crippen LogP contribution >= 0.6 is 0 Å². The van der Waals surface area contributed by atoms with Gasteiger partial charge in [-0.05, 0) is 19.3 Å². The Balaban J connectivity index is 2.84. The maximum Gasteiger partial charge on any atom is 0.175 e. The van der Waals surface area contributed by atoms with Gasteiger partial charge in [0, 0.05) is 0 Å². The van der Waals surface area contributed by atoms with Gasteiger partial charge in [-0.2, -0.15) is 0 Å². The Kier molecular flexibility index (Phi) is 7.30. The van der Waals surface area contributed by atoms with Crippen LogP contribution in [0.15, 0.2) is 12.7 Å². The number of carbonyl (C=O) groups is 2. The van der Waals surface area contributed by atoms with Crippen molar-refractivity contribution in [3.05, 3.63) is 12.7 Å². The molecular formula is C18H30O3. The fraction of sp³-hybridized carbons (Fsp3) is 0.778. The van der Waals surface area contributed by atoms with E-state index in [0.717, 1.165) is 38.5 Å². The number of ketones is 2. The summed E-state index contributed by atoms with van der Waals surface area (Å²) in [6.07, 6.45) is 8.82. The molecule has 3 atom stereocenters. The zero-order chi connectivity index (χ0) is 15.9. The molecule has 3 nitrogen and oxygen atoms in total. The molecule has 21 heavy (non-hydrogen) atoms. The number of hydrogen-bond acceptors (Lipinski definition) is 3. The highest BCUT2D eigenvalue weighted by molar-refractivity contribution is 6.15. The molecule has 0 bridgehead atoms. The average Bonchev–Trinajstić information content (AvgIpc) is 2.63. The lowest BCUT2D eigenvalue weighted by atomic mass is 9.83. The first-order valence-corrected chi connectivity index (χ1v) is 8.44. The summed E-state index contributed by atoms with van der Waals surface area (Å²) in [5.41, 5.74) is -1.45. The Morgan fingerprint density at radius 2 is 1.76 bits per heavy atom. The highest BCUT2D eigenvalue weighted by atomic mass is 16.3. The van der Waals surface area contributed by atoms with Crippen LogP contribution in [0.25, 0.3) is 0 Å². The van der Waals surface area contributed by atoms with Crippen LogP contribution in [-0.2, 0) is 9.59 Å². The molecule has 0 aromatic rings. The largest absolute Gasteiger partial charge is 0.381 e. The smallest absolute Gasteiger partial charge is 0.175 e. The number of carbonyl (C=O) groups excluding carboxylic acids is 2. The quantitative estimate of drug-likeness (QED) is 0.378. The predicted octanol–water partition coefficient (Wildman–Crippen LogP) is 3.84. The van der Waals surface area contributed by atoms with E-state index in [1.165, 1.54) is 0 Å². The Morgan fingerprint density at radius 3 is 2.33 bits per heavy atom. The molecule has 0 saturated heterocycles. The number of unbranched alkanes of at least 4 members (excludes halogenated alkanes) is 4. The average molecular weight is 294 g/mol. The summed E-state index contributed by atoms with van der Waals surface area (Å²) in [5, 5.41) is 10.9. The van der Waals surface area contributed by atoms with E-state index < -0.39 is 17.4 Å². The van der Waals surface area contributed by atoms with Crippen molar-refractivity contribution in [2.45, 2.75) is 77.2 Å². The molecular weight excluding hydrogens is 264 g/mol. The second-order valence-corrected chi connectivity index (χ2v) is 6.27. The van der Waals surface area contributed by atoms with Crippen LogP contribution in [-0.4, -0.2) is 22.3 Å². The monoisotopic (exact) mass is 294 g/mol. The van der Waals surface area contributed by atoms with E-state index in [0.29, 0.717) is 19.3 Å². The second kappa shape index (κ2) is 8.47. The Hall–Kier alpha value is -0.960. The molecule has 1 N–H and O–H groups in total. The molecule has 1 saturated carbocycles. The zero-order valence-electron chi connectivity index (χ0n) is 13.6. The molecule has 1 fully saturated rings. The van der Waals surface area contributed by atoms with Crippen LogP contribution in [0.5, 0.6) is 0 Å². The summed E-state index contributed by atoms with van der Waals surface area (Å²) in [7, 11) is 0. The topological polar surface area (TPSA) is 54.4 Å². The maximum atomic E-state index is 12.6. The van der Waals surface area contributed by atoms with E-state index in [-0.39, 0.29) is 11.6 Å². The molecule has 1 aliphatic rings. The number of Topliss-reactive ketones (excluding diaryl/α,β-unsaturated/α-hetero) is 2. The van der Waals surface area contributed by atoms with Gasteiger partial charge in [-0.25, -0.2) is 0 Å². The molecule has 0 amide bonds. The van der Waals surface area contributed by atoms with Gasteiger partial charge >= 0.3 is 0 Å². The molecule has 0 heterocycles. The van der Waals surface area contributed by atoms with Crippen LogP contribution in [0.1, 0.15) is 71.6 Å². The summed E-state index contributed by atoms with van der Waals surface area (Å²) in [4.78, 5) is 25.1. The Bertz CT molecular complexity index is 375. The van der Waals surface area contributed by atoms with Crippen LogP contribution < -0.4 is 0 Å². The third kappa shape index (κ3) is 4.03. The van der Waals surface area contributed by atoms with Crippen molar-refractivity contribution in [1.82, 2.24) is 0 Å². The summed E-state index contributed by atoms with van der Waals surface area (Å²) < 4.78 is 0. The van der Waals surface area contributed by atoms with E-state index in [2.05, 4.69) is 20.4 Å². The first-order chi connectivity index (χ1) is 10.0. The third-order valence-corrected chi connectivity index (χ3v) is 4.67. The first-order valence-electron chi connectivity index (χ1n) is 8.44. The van der Waals surface area contributed by atoms with Crippen molar-refractivity contribution in [3.8, 4) is 0 Å². The lowest BCUT2D eigenvalue weighted by Crippen LogP contribution is -2.41. The number of rotatable bonds is 10. The molecule has 0 aromatic carbocycles. The SMILES string of the molecule is C=CCC1C(=O)C(CCCCC)C(=O)C1(O)CCCCC. The third-order valence-electron chi connectivity index (χ3n) is 4.67. The fourth-order valence-electron chi connectivity index (χ4n) is 3.37. The highest BCUT2D eigenvalue weighted by Gasteiger charge is 2.57. The molecule has 3 heteroatoms. The van der Waals surface area contributed by atoms with Crippen molar-refractivity contribution < 1.29 is 14.7 Å². The van der Waals surface area contributed by atoms with Crippen LogP contribution in [0, 0.1) is 11.8 Å². The van der Waals surface area contributed by atoms with Crippen molar-refractivity contribution in [1.29, 1.82) is 0 Å². The Morgan fingerprint density at radius 1 is 1.14 bits per heavy atom. The second-order valence-electron chi connectivity index (χ2n) is 6.27. The van der Waals surface area contributed by atoms with E-state index >= 15 is 0 Å². The minimum atomic E-state index is -1.45. The van der Waals surface area contributed by atoms with Crippen molar-refractivity contribution >= 4 is 11.6 Å². The minimum absolute atomic E-state index is 0.0602. The van der Waals surface area contributed by atoms with E-state index in [1.54, 1.807) is 6.08 Å². The van der Waals surface area contributed by atoms with Crippen molar-refractivity contribution in [2.24, 2.45) is 11.8 Å². The van der Waals surface area contributed by atoms with Gasteiger partial charge in [0.15, 0.2) is 5.78 Å².